The highest BCUT2D eigenvalue weighted by Crippen LogP contribution is 2.27. The van der Waals surface area contributed by atoms with Gasteiger partial charge in [-0.15, -0.1) is 0 Å². The Morgan fingerprint density at radius 1 is 1.30 bits per heavy atom. The molecule has 1 aromatic carbocycles. The number of nitrogens with one attached hydrogen (secondary N) is 1. The van der Waals surface area contributed by atoms with Crippen LogP contribution in [-0.4, -0.2) is 15.8 Å². The number of nitrogens with zero attached hydrogens (tertiary/aromatic N) is 2. The normalized spacial score (nSPS) is 10.1. The lowest BCUT2D eigenvalue weighted by molar-refractivity contribution is -0.384. The van der Waals surface area contributed by atoms with Crippen LogP contribution in [0.5, 0.6) is 0 Å². The molecule has 0 fully saturated rings. The maximum absolute atomic E-state index is 13.6. The third-order valence-electron chi connectivity index (χ3n) is 2.37. The average molecular weight is 340 g/mol. The van der Waals surface area contributed by atoms with Crippen LogP contribution in [0.4, 0.5) is 15.8 Å². The molecule has 6 nitrogen and oxygen atoms in total. The fraction of sp³-hybridized carbons (Fsp3) is 0. The van der Waals surface area contributed by atoms with Crippen LogP contribution in [0.2, 0.25) is 0 Å². The van der Waals surface area contributed by atoms with E-state index in [0.29, 0.717) is 4.60 Å². The van der Waals surface area contributed by atoms with Crippen molar-refractivity contribution in [3.05, 3.63) is 62.6 Å². The molecule has 1 N–H and O–H groups in total. The fourth-order valence-electron chi connectivity index (χ4n) is 1.50. The largest absolute Gasteiger partial charge is 0.312 e. The first-order valence-corrected chi connectivity index (χ1v) is 6.15. The summed E-state index contributed by atoms with van der Waals surface area (Å²) in [6.45, 7) is 0. The number of nitro groups is 1. The van der Waals surface area contributed by atoms with Gasteiger partial charge in [0.05, 0.1) is 4.92 Å². The summed E-state index contributed by atoms with van der Waals surface area (Å²) in [6.07, 6.45) is 0. The van der Waals surface area contributed by atoms with Gasteiger partial charge in [-0.2, -0.15) is 0 Å². The second kappa shape index (κ2) is 5.74. The Morgan fingerprint density at radius 3 is 2.65 bits per heavy atom. The Kier molecular flexibility index (Phi) is 4.04. The molecule has 1 heterocycles. The van der Waals surface area contributed by atoms with E-state index in [1.54, 1.807) is 12.1 Å². The molecule has 1 aromatic heterocycles. The molecule has 0 aliphatic rings. The number of carbonyl (C=O) groups is 1. The van der Waals surface area contributed by atoms with E-state index in [2.05, 4.69) is 26.2 Å². The highest BCUT2D eigenvalue weighted by atomic mass is 79.9. The molecule has 0 unspecified atom stereocenters. The molecule has 8 heteroatoms. The number of para-hydroxylation sites is 1. The summed E-state index contributed by atoms with van der Waals surface area (Å²) in [5.74, 6) is -1.62. The number of hydrogen-bond donors (Lipinski definition) is 1. The zero-order valence-electron chi connectivity index (χ0n) is 9.84. The van der Waals surface area contributed by atoms with Gasteiger partial charge in [0.1, 0.15) is 10.3 Å². The SMILES string of the molecule is O=C(Nc1c(F)cccc1[N+](=O)[O-])c1cccc(Br)n1. The Balaban J connectivity index is 2.35. The maximum Gasteiger partial charge on any atom is 0.295 e. The molecular formula is C12H7BrFN3O3. The minimum atomic E-state index is -0.887. The topological polar surface area (TPSA) is 85.1 Å². The number of nitro benzene ring substituents is 1. The molecule has 0 saturated carbocycles. The number of carbonyl (C=O) groups excluding carboxylic acids is 1. The monoisotopic (exact) mass is 339 g/mol. The highest BCUT2D eigenvalue weighted by molar-refractivity contribution is 9.10. The summed E-state index contributed by atoms with van der Waals surface area (Å²) in [4.78, 5) is 25.8. The Hall–Kier alpha value is -2.35. The number of pyridine rings is 1. The van der Waals surface area contributed by atoms with Crippen molar-refractivity contribution in [2.75, 3.05) is 5.32 Å². The van der Waals surface area contributed by atoms with Crippen LogP contribution in [0.1, 0.15) is 10.5 Å². The van der Waals surface area contributed by atoms with Gasteiger partial charge in [-0.25, -0.2) is 9.37 Å². The molecule has 1 amide bonds. The smallest absolute Gasteiger partial charge is 0.295 e. The van der Waals surface area contributed by atoms with Crippen LogP contribution < -0.4 is 5.32 Å². The number of amides is 1. The molecule has 0 aliphatic carbocycles. The van der Waals surface area contributed by atoms with E-state index >= 15 is 0 Å². The molecule has 2 rings (SSSR count). The van der Waals surface area contributed by atoms with Gasteiger partial charge in [0.15, 0.2) is 11.5 Å². The number of hydrogen-bond acceptors (Lipinski definition) is 4. The van der Waals surface area contributed by atoms with E-state index in [1.165, 1.54) is 12.1 Å². The summed E-state index contributed by atoms with van der Waals surface area (Å²) in [6, 6.07) is 7.92. The van der Waals surface area contributed by atoms with E-state index in [-0.39, 0.29) is 5.69 Å². The molecular weight excluding hydrogens is 333 g/mol. The lowest BCUT2D eigenvalue weighted by Gasteiger charge is -2.06. The van der Waals surface area contributed by atoms with Gasteiger partial charge in [-0.05, 0) is 34.1 Å². The lowest BCUT2D eigenvalue weighted by atomic mass is 10.2. The second-order valence-corrected chi connectivity index (χ2v) is 4.50. The van der Waals surface area contributed by atoms with Crippen molar-refractivity contribution < 1.29 is 14.1 Å². The molecule has 0 aliphatic heterocycles. The molecule has 2 aromatic rings. The first-order chi connectivity index (χ1) is 9.49. The molecule has 0 saturated heterocycles. The number of rotatable bonds is 3. The van der Waals surface area contributed by atoms with Crippen molar-refractivity contribution in [1.82, 2.24) is 4.98 Å². The van der Waals surface area contributed by atoms with E-state index in [9.17, 15) is 19.3 Å². The van der Waals surface area contributed by atoms with Crippen LogP contribution in [-0.2, 0) is 0 Å². The number of anilines is 1. The Bertz CT molecular complexity index is 693. The zero-order chi connectivity index (χ0) is 14.7. The van der Waals surface area contributed by atoms with Crippen molar-refractivity contribution in [3.63, 3.8) is 0 Å². The fourth-order valence-corrected chi connectivity index (χ4v) is 1.84. The zero-order valence-corrected chi connectivity index (χ0v) is 11.4. The summed E-state index contributed by atoms with van der Waals surface area (Å²) in [7, 11) is 0. The van der Waals surface area contributed by atoms with Crippen LogP contribution in [0.25, 0.3) is 0 Å². The van der Waals surface area contributed by atoms with E-state index in [1.807, 2.05) is 0 Å². The third kappa shape index (κ3) is 2.97. The van der Waals surface area contributed by atoms with Gasteiger partial charge in [0, 0.05) is 6.07 Å². The van der Waals surface area contributed by atoms with E-state index in [0.717, 1.165) is 12.1 Å². The third-order valence-corrected chi connectivity index (χ3v) is 2.82. The minimum Gasteiger partial charge on any atom is -0.312 e. The standard InChI is InChI=1S/C12H7BrFN3O3/c13-10-6-2-4-8(15-10)12(18)16-11-7(14)3-1-5-9(11)17(19)20/h1-6H,(H,16,18). The summed E-state index contributed by atoms with van der Waals surface area (Å²) < 4.78 is 14.0. The van der Waals surface area contributed by atoms with Crippen LogP contribution in [0.15, 0.2) is 41.0 Å². The second-order valence-electron chi connectivity index (χ2n) is 3.69. The molecule has 0 radical (unpaired) electrons. The minimum absolute atomic E-state index is 0.0110. The molecule has 20 heavy (non-hydrogen) atoms. The van der Waals surface area contributed by atoms with Crippen molar-refractivity contribution in [3.8, 4) is 0 Å². The van der Waals surface area contributed by atoms with Gasteiger partial charge < -0.3 is 5.32 Å². The number of aromatic nitrogens is 1. The van der Waals surface area contributed by atoms with Crippen LogP contribution in [0.3, 0.4) is 0 Å². The highest BCUT2D eigenvalue weighted by Gasteiger charge is 2.20. The molecule has 0 atom stereocenters. The molecule has 102 valence electrons. The van der Waals surface area contributed by atoms with Gasteiger partial charge >= 0.3 is 0 Å². The maximum atomic E-state index is 13.6. The van der Waals surface area contributed by atoms with Crippen LogP contribution in [0, 0.1) is 15.9 Å². The quantitative estimate of drug-likeness (QED) is 0.528. The van der Waals surface area contributed by atoms with E-state index in [4.69, 9.17) is 0 Å². The van der Waals surface area contributed by atoms with Crippen molar-refractivity contribution >= 4 is 33.2 Å². The number of benzene rings is 1. The molecule has 0 spiro atoms. The van der Waals surface area contributed by atoms with Gasteiger partial charge in [-0.1, -0.05) is 12.1 Å². The lowest BCUT2D eigenvalue weighted by Crippen LogP contribution is -2.15. The van der Waals surface area contributed by atoms with Crippen molar-refractivity contribution in [2.24, 2.45) is 0 Å². The summed E-state index contributed by atoms with van der Waals surface area (Å²) in [5, 5.41) is 13.0. The van der Waals surface area contributed by atoms with Gasteiger partial charge in [0.25, 0.3) is 11.6 Å². The van der Waals surface area contributed by atoms with Gasteiger partial charge in [-0.3, -0.25) is 14.9 Å². The van der Waals surface area contributed by atoms with Crippen LogP contribution >= 0.6 is 15.9 Å². The summed E-state index contributed by atoms with van der Waals surface area (Å²) >= 11 is 3.09. The first kappa shape index (κ1) is 14.1. The average Bonchev–Trinajstić information content (AvgIpc) is 2.40. The molecule has 0 bridgehead atoms. The van der Waals surface area contributed by atoms with Crippen molar-refractivity contribution in [2.45, 2.75) is 0 Å². The van der Waals surface area contributed by atoms with Gasteiger partial charge in [0.2, 0.25) is 0 Å². The predicted molar refractivity (Wildman–Crippen MR) is 72.9 cm³/mol. The number of halogens is 2. The van der Waals surface area contributed by atoms with Crippen molar-refractivity contribution in [1.29, 1.82) is 0 Å². The predicted octanol–water partition coefficient (Wildman–Crippen LogP) is 3.14. The Labute approximate surface area is 120 Å². The first-order valence-electron chi connectivity index (χ1n) is 5.36. The summed E-state index contributed by atoms with van der Waals surface area (Å²) in [5.41, 5.74) is -0.991. The Morgan fingerprint density at radius 2 is 2.00 bits per heavy atom. The van der Waals surface area contributed by atoms with E-state index < -0.39 is 28.0 Å².